The Morgan fingerprint density at radius 1 is 1.38 bits per heavy atom. The van der Waals surface area contributed by atoms with Crippen LogP contribution in [0, 0.1) is 17.6 Å². The summed E-state index contributed by atoms with van der Waals surface area (Å²) in [6.07, 6.45) is 0.0269. The molecule has 2 rings (SSSR count). The van der Waals surface area contributed by atoms with E-state index in [2.05, 4.69) is 0 Å². The number of aliphatic hydroxyl groups excluding tert-OH is 1. The van der Waals surface area contributed by atoms with Crippen LogP contribution in [0.25, 0.3) is 0 Å². The Hall–Kier alpha value is -1.53. The van der Waals surface area contributed by atoms with E-state index in [1.165, 1.54) is 13.2 Å². The van der Waals surface area contributed by atoms with Gasteiger partial charge in [-0.2, -0.15) is 0 Å². The fourth-order valence-corrected chi connectivity index (χ4v) is 2.68. The number of benzene rings is 1. The highest BCUT2D eigenvalue weighted by Crippen LogP contribution is 2.24. The van der Waals surface area contributed by atoms with Gasteiger partial charge in [-0.15, -0.1) is 0 Å². The maximum absolute atomic E-state index is 13.6. The van der Waals surface area contributed by atoms with Gasteiger partial charge in [0.15, 0.2) is 0 Å². The SMILES string of the molecule is COC(=O)C1CCN(CC(O)c2c(F)cccc2F)CC1. The first-order valence-corrected chi connectivity index (χ1v) is 6.95. The van der Waals surface area contributed by atoms with Crippen LogP contribution in [0.4, 0.5) is 8.78 Å². The normalized spacial score (nSPS) is 18.5. The van der Waals surface area contributed by atoms with Crippen LogP contribution >= 0.6 is 0 Å². The van der Waals surface area contributed by atoms with E-state index in [-0.39, 0.29) is 24.0 Å². The topological polar surface area (TPSA) is 49.8 Å². The van der Waals surface area contributed by atoms with E-state index < -0.39 is 17.7 Å². The number of likely N-dealkylation sites (tertiary alicyclic amines) is 1. The molecule has 1 fully saturated rings. The Bertz CT molecular complexity index is 481. The van der Waals surface area contributed by atoms with Crippen molar-refractivity contribution in [1.82, 2.24) is 4.90 Å². The average molecular weight is 299 g/mol. The van der Waals surface area contributed by atoms with Crippen LogP contribution in [0.5, 0.6) is 0 Å². The second kappa shape index (κ2) is 6.95. The van der Waals surface area contributed by atoms with Crippen LogP contribution in [0.2, 0.25) is 0 Å². The van der Waals surface area contributed by atoms with Crippen LogP contribution < -0.4 is 0 Å². The zero-order valence-electron chi connectivity index (χ0n) is 11.9. The number of hydrogen-bond donors (Lipinski definition) is 1. The van der Waals surface area contributed by atoms with E-state index in [1.807, 2.05) is 4.90 Å². The molecular weight excluding hydrogens is 280 g/mol. The molecule has 1 saturated heterocycles. The molecule has 21 heavy (non-hydrogen) atoms. The van der Waals surface area contributed by atoms with Crippen molar-refractivity contribution in [3.8, 4) is 0 Å². The summed E-state index contributed by atoms with van der Waals surface area (Å²) in [5.41, 5.74) is -0.299. The zero-order chi connectivity index (χ0) is 15.4. The minimum atomic E-state index is -1.22. The van der Waals surface area contributed by atoms with Gasteiger partial charge in [0.1, 0.15) is 11.6 Å². The first-order chi connectivity index (χ1) is 10.0. The Balaban J connectivity index is 1.93. The van der Waals surface area contributed by atoms with Crippen molar-refractivity contribution in [3.05, 3.63) is 35.4 Å². The van der Waals surface area contributed by atoms with Crippen molar-refractivity contribution in [3.63, 3.8) is 0 Å². The molecule has 1 aliphatic rings. The number of hydrogen-bond acceptors (Lipinski definition) is 4. The molecule has 6 heteroatoms. The summed E-state index contributed by atoms with van der Waals surface area (Å²) in [5.74, 6) is -1.84. The summed E-state index contributed by atoms with van der Waals surface area (Å²) >= 11 is 0. The van der Waals surface area contributed by atoms with Gasteiger partial charge in [-0.25, -0.2) is 8.78 Å². The predicted octanol–water partition coefficient (Wildman–Crippen LogP) is 1.88. The van der Waals surface area contributed by atoms with E-state index in [4.69, 9.17) is 4.74 Å². The van der Waals surface area contributed by atoms with Crippen molar-refractivity contribution in [2.24, 2.45) is 5.92 Å². The number of nitrogens with zero attached hydrogens (tertiary/aromatic N) is 1. The number of β-amino-alcohol motifs (C(OH)–C–C–N with tert-alkyl or cyclic N) is 1. The summed E-state index contributed by atoms with van der Waals surface area (Å²) in [5, 5.41) is 10.0. The van der Waals surface area contributed by atoms with Gasteiger partial charge >= 0.3 is 5.97 Å². The molecule has 1 aliphatic heterocycles. The van der Waals surface area contributed by atoms with Crippen LogP contribution in [0.3, 0.4) is 0 Å². The Kier molecular flexibility index (Phi) is 5.25. The molecule has 1 unspecified atom stereocenters. The molecule has 0 spiro atoms. The largest absolute Gasteiger partial charge is 0.469 e. The van der Waals surface area contributed by atoms with E-state index >= 15 is 0 Å². The molecular formula is C15H19F2NO3. The Labute approximate surface area is 122 Å². The van der Waals surface area contributed by atoms with Gasteiger partial charge in [-0.1, -0.05) is 6.07 Å². The van der Waals surface area contributed by atoms with Crippen molar-refractivity contribution in [2.45, 2.75) is 18.9 Å². The number of carbonyl (C=O) groups excluding carboxylic acids is 1. The third-order valence-corrected chi connectivity index (χ3v) is 3.89. The second-order valence-corrected chi connectivity index (χ2v) is 5.25. The summed E-state index contributed by atoms with van der Waals surface area (Å²) in [7, 11) is 1.36. The molecule has 1 N–H and O–H groups in total. The lowest BCUT2D eigenvalue weighted by Gasteiger charge is -2.32. The number of halogens is 2. The van der Waals surface area contributed by atoms with Gasteiger partial charge in [-0.3, -0.25) is 4.79 Å². The number of methoxy groups -OCH3 is 1. The number of rotatable bonds is 4. The molecule has 1 heterocycles. The Morgan fingerprint density at radius 3 is 2.48 bits per heavy atom. The van der Waals surface area contributed by atoms with Crippen molar-refractivity contribution in [2.75, 3.05) is 26.7 Å². The Morgan fingerprint density at radius 2 is 1.95 bits per heavy atom. The highest BCUT2D eigenvalue weighted by Gasteiger charge is 2.28. The maximum atomic E-state index is 13.6. The first kappa shape index (κ1) is 15.9. The van der Waals surface area contributed by atoms with Crippen molar-refractivity contribution >= 4 is 5.97 Å². The van der Waals surface area contributed by atoms with E-state index in [9.17, 15) is 18.7 Å². The molecule has 1 aromatic carbocycles. The molecule has 0 aliphatic carbocycles. The molecule has 0 bridgehead atoms. The maximum Gasteiger partial charge on any atom is 0.308 e. The molecule has 1 atom stereocenters. The lowest BCUT2D eigenvalue weighted by Crippen LogP contribution is -2.39. The predicted molar refractivity (Wildman–Crippen MR) is 72.5 cm³/mol. The minimum Gasteiger partial charge on any atom is -0.469 e. The molecule has 0 amide bonds. The third-order valence-electron chi connectivity index (χ3n) is 3.89. The van der Waals surface area contributed by atoms with Gasteiger partial charge < -0.3 is 14.7 Å². The molecule has 116 valence electrons. The first-order valence-electron chi connectivity index (χ1n) is 6.95. The molecule has 1 aromatic rings. The number of aliphatic hydroxyl groups is 1. The zero-order valence-corrected chi connectivity index (χ0v) is 11.9. The van der Waals surface area contributed by atoms with Gasteiger partial charge in [0.2, 0.25) is 0 Å². The lowest BCUT2D eigenvalue weighted by atomic mass is 9.96. The van der Waals surface area contributed by atoms with Crippen molar-refractivity contribution in [1.29, 1.82) is 0 Å². The van der Waals surface area contributed by atoms with E-state index in [0.29, 0.717) is 25.9 Å². The number of esters is 1. The summed E-state index contributed by atoms with van der Waals surface area (Å²) in [6.45, 7) is 1.32. The summed E-state index contributed by atoms with van der Waals surface area (Å²) in [4.78, 5) is 13.3. The fourth-order valence-electron chi connectivity index (χ4n) is 2.68. The van der Waals surface area contributed by atoms with Crippen LogP contribution in [-0.2, 0) is 9.53 Å². The smallest absolute Gasteiger partial charge is 0.308 e. The quantitative estimate of drug-likeness (QED) is 0.863. The lowest BCUT2D eigenvalue weighted by molar-refractivity contribution is -0.147. The number of piperidine rings is 1. The fraction of sp³-hybridized carbons (Fsp3) is 0.533. The van der Waals surface area contributed by atoms with Gasteiger partial charge in [0.05, 0.1) is 24.7 Å². The second-order valence-electron chi connectivity index (χ2n) is 5.25. The van der Waals surface area contributed by atoms with E-state index in [1.54, 1.807) is 0 Å². The van der Waals surface area contributed by atoms with Gasteiger partial charge in [0.25, 0.3) is 0 Å². The monoisotopic (exact) mass is 299 g/mol. The van der Waals surface area contributed by atoms with Gasteiger partial charge in [-0.05, 0) is 38.1 Å². The molecule has 4 nitrogen and oxygen atoms in total. The van der Waals surface area contributed by atoms with Crippen LogP contribution in [0.15, 0.2) is 18.2 Å². The standard InChI is InChI=1S/C15H19F2NO3/c1-21-15(20)10-5-7-18(8-6-10)9-13(19)14-11(16)3-2-4-12(14)17/h2-4,10,13,19H,5-9H2,1H3. The summed E-state index contributed by atoms with van der Waals surface area (Å²) in [6, 6.07) is 3.53. The molecule has 0 radical (unpaired) electrons. The molecule has 0 aromatic heterocycles. The number of ether oxygens (including phenoxy) is 1. The van der Waals surface area contributed by atoms with E-state index in [0.717, 1.165) is 12.1 Å². The van der Waals surface area contributed by atoms with Gasteiger partial charge in [0, 0.05) is 6.54 Å². The highest BCUT2D eigenvalue weighted by atomic mass is 19.1. The third kappa shape index (κ3) is 3.77. The van der Waals surface area contributed by atoms with Crippen LogP contribution in [-0.4, -0.2) is 42.7 Å². The van der Waals surface area contributed by atoms with Crippen LogP contribution in [0.1, 0.15) is 24.5 Å². The number of carbonyl (C=O) groups is 1. The molecule has 0 saturated carbocycles. The summed E-state index contributed by atoms with van der Waals surface area (Å²) < 4.78 is 31.9. The average Bonchev–Trinajstić information content (AvgIpc) is 2.47. The van der Waals surface area contributed by atoms with Crippen molar-refractivity contribution < 1.29 is 23.4 Å². The highest BCUT2D eigenvalue weighted by molar-refractivity contribution is 5.72. The minimum absolute atomic E-state index is 0.131.